The van der Waals surface area contributed by atoms with E-state index in [1.54, 1.807) is 7.05 Å². The Morgan fingerprint density at radius 3 is 2.78 bits per heavy atom. The van der Waals surface area contributed by atoms with Crippen molar-refractivity contribution in [3.63, 3.8) is 0 Å². The van der Waals surface area contributed by atoms with Gasteiger partial charge in [0.1, 0.15) is 0 Å². The highest BCUT2D eigenvalue weighted by molar-refractivity contribution is 5.78. The van der Waals surface area contributed by atoms with Gasteiger partial charge in [-0.15, -0.1) is 0 Å². The van der Waals surface area contributed by atoms with Crippen LogP contribution in [-0.4, -0.2) is 41.1 Å². The number of piperidine rings is 1. The van der Waals surface area contributed by atoms with E-state index in [2.05, 4.69) is 20.4 Å². The first-order chi connectivity index (χ1) is 11.2. The highest BCUT2D eigenvalue weighted by atomic mass is 16.5. The molecule has 1 aromatic carbocycles. The van der Waals surface area contributed by atoms with E-state index in [-0.39, 0.29) is 11.8 Å². The largest absolute Gasteiger partial charge is 0.359 e. The minimum atomic E-state index is 0.126. The highest BCUT2D eigenvalue weighted by Crippen LogP contribution is 2.22. The van der Waals surface area contributed by atoms with Crippen LogP contribution in [-0.2, 0) is 11.3 Å². The van der Waals surface area contributed by atoms with Gasteiger partial charge >= 0.3 is 0 Å². The molecule has 0 spiro atoms. The van der Waals surface area contributed by atoms with E-state index in [1.165, 1.54) is 0 Å². The Labute approximate surface area is 135 Å². The maximum absolute atomic E-state index is 11.7. The van der Waals surface area contributed by atoms with E-state index >= 15 is 0 Å². The predicted molar refractivity (Wildman–Crippen MR) is 86.5 cm³/mol. The molecule has 122 valence electrons. The van der Waals surface area contributed by atoms with Crippen LogP contribution in [0.2, 0.25) is 0 Å². The number of rotatable bonds is 4. The fourth-order valence-corrected chi connectivity index (χ4v) is 3.00. The molecule has 0 bridgehead atoms. The molecule has 0 atom stereocenters. The third-order valence-corrected chi connectivity index (χ3v) is 4.42. The average Bonchev–Trinajstić information content (AvgIpc) is 3.03. The van der Waals surface area contributed by atoms with Gasteiger partial charge < -0.3 is 9.84 Å². The van der Waals surface area contributed by atoms with Crippen LogP contribution in [0.15, 0.2) is 28.8 Å². The van der Waals surface area contributed by atoms with Crippen LogP contribution in [0.5, 0.6) is 0 Å². The zero-order valence-corrected chi connectivity index (χ0v) is 13.6. The molecular weight excluding hydrogens is 292 g/mol. The molecule has 0 saturated carbocycles. The van der Waals surface area contributed by atoms with E-state index in [9.17, 15) is 4.79 Å². The van der Waals surface area contributed by atoms with Crippen LogP contribution in [0.25, 0.3) is 11.4 Å². The van der Waals surface area contributed by atoms with Crippen molar-refractivity contribution < 1.29 is 9.32 Å². The second-order valence-electron chi connectivity index (χ2n) is 5.99. The van der Waals surface area contributed by atoms with Gasteiger partial charge in [0.05, 0.1) is 6.54 Å². The summed E-state index contributed by atoms with van der Waals surface area (Å²) in [7, 11) is 1.69. The number of likely N-dealkylation sites (tertiary alicyclic amines) is 1. The minimum absolute atomic E-state index is 0.126. The average molecular weight is 314 g/mol. The van der Waals surface area contributed by atoms with Crippen molar-refractivity contribution in [2.75, 3.05) is 20.1 Å². The molecule has 1 amide bonds. The van der Waals surface area contributed by atoms with Gasteiger partial charge in [0.2, 0.25) is 17.6 Å². The molecular formula is C17H22N4O2. The van der Waals surface area contributed by atoms with Gasteiger partial charge in [0, 0.05) is 18.5 Å². The van der Waals surface area contributed by atoms with Gasteiger partial charge in [0.15, 0.2) is 0 Å². The SMILES string of the molecule is CNC(=O)C1CCN(Cc2nc(-c3ccccc3C)no2)CC1. The maximum atomic E-state index is 11.7. The minimum Gasteiger partial charge on any atom is -0.359 e. The Hall–Kier alpha value is -2.21. The first kappa shape index (κ1) is 15.7. The first-order valence-electron chi connectivity index (χ1n) is 8.00. The smallest absolute Gasteiger partial charge is 0.241 e. The molecule has 3 rings (SSSR count). The summed E-state index contributed by atoms with van der Waals surface area (Å²) in [6.07, 6.45) is 1.75. The molecule has 1 N–H and O–H groups in total. The Balaban J connectivity index is 1.60. The molecule has 0 unspecified atom stereocenters. The maximum Gasteiger partial charge on any atom is 0.241 e. The van der Waals surface area contributed by atoms with Gasteiger partial charge in [-0.25, -0.2) is 0 Å². The number of aromatic nitrogens is 2. The van der Waals surface area contributed by atoms with Gasteiger partial charge in [-0.2, -0.15) is 4.98 Å². The summed E-state index contributed by atoms with van der Waals surface area (Å²) in [6, 6.07) is 8.01. The fourth-order valence-electron chi connectivity index (χ4n) is 3.00. The first-order valence-corrected chi connectivity index (χ1v) is 8.00. The summed E-state index contributed by atoms with van der Waals surface area (Å²) in [6.45, 7) is 4.43. The monoisotopic (exact) mass is 314 g/mol. The van der Waals surface area contributed by atoms with E-state index in [4.69, 9.17) is 4.52 Å². The highest BCUT2D eigenvalue weighted by Gasteiger charge is 2.25. The Morgan fingerprint density at radius 1 is 1.35 bits per heavy atom. The molecule has 1 saturated heterocycles. The summed E-state index contributed by atoms with van der Waals surface area (Å²) in [5, 5.41) is 6.82. The lowest BCUT2D eigenvalue weighted by atomic mass is 9.96. The molecule has 1 aliphatic rings. The Morgan fingerprint density at radius 2 is 2.09 bits per heavy atom. The van der Waals surface area contributed by atoms with E-state index in [0.29, 0.717) is 18.3 Å². The zero-order valence-electron chi connectivity index (χ0n) is 13.6. The number of carbonyl (C=O) groups is 1. The summed E-state index contributed by atoms with van der Waals surface area (Å²) in [4.78, 5) is 18.4. The Bertz CT molecular complexity index is 675. The summed E-state index contributed by atoms with van der Waals surface area (Å²) >= 11 is 0. The number of nitrogens with zero attached hydrogens (tertiary/aromatic N) is 3. The number of aryl methyl sites for hydroxylation is 1. The number of nitrogens with one attached hydrogen (secondary N) is 1. The second kappa shape index (κ2) is 6.91. The van der Waals surface area contributed by atoms with Crippen LogP contribution in [0.1, 0.15) is 24.3 Å². The molecule has 1 fully saturated rings. The number of amides is 1. The molecule has 0 radical (unpaired) electrons. The second-order valence-corrected chi connectivity index (χ2v) is 5.99. The number of carbonyl (C=O) groups excluding carboxylic acids is 1. The number of hydrogen-bond acceptors (Lipinski definition) is 5. The van der Waals surface area contributed by atoms with Crippen LogP contribution in [0.4, 0.5) is 0 Å². The molecule has 1 aromatic heterocycles. The van der Waals surface area contributed by atoms with Crippen molar-refractivity contribution in [2.45, 2.75) is 26.3 Å². The zero-order chi connectivity index (χ0) is 16.2. The summed E-state index contributed by atoms with van der Waals surface area (Å²) < 4.78 is 5.39. The van der Waals surface area contributed by atoms with Crippen molar-refractivity contribution in [1.82, 2.24) is 20.4 Å². The van der Waals surface area contributed by atoms with Crippen molar-refractivity contribution in [2.24, 2.45) is 5.92 Å². The lowest BCUT2D eigenvalue weighted by Gasteiger charge is -2.29. The quantitative estimate of drug-likeness (QED) is 0.934. The van der Waals surface area contributed by atoms with Crippen molar-refractivity contribution in [3.05, 3.63) is 35.7 Å². The summed E-state index contributed by atoms with van der Waals surface area (Å²) in [5.74, 6) is 1.53. The molecule has 23 heavy (non-hydrogen) atoms. The standard InChI is InChI=1S/C17H22N4O2/c1-12-5-3-4-6-14(12)16-19-15(23-20-16)11-21-9-7-13(8-10-21)17(22)18-2/h3-6,13H,7-11H2,1-2H3,(H,18,22). The van der Waals surface area contributed by atoms with E-state index < -0.39 is 0 Å². The van der Waals surface area contributed by atoms with Crippen molar-refractivity contribution in [3.8, 4) is 11.4 Å². The molecule has 0 aliphatic carbocycles. The normalized spacial score (nSPS) is 16.4. The van der Waals surface area contributed by atoms with Crippen LogP contribution in [0.3, 0.4) is 0 Å². The van der Waals surface area contributed by atoms with Crippen molar-refractivity contribution >= 4 is 5.91 Å². The molecule has 1 aliphatic heterocycles. The molecule has 2 aromatic rings. The molecule has 6 heteroatoms. The van der Waals surface area contributed by atoms with E-state index in [1.807, 2.05) is 31.2 Å². The van der Waals surface area contributed by atoms with Gasteiger partial charge in [-0.1, -0.05) is 29.4 Å². The predicted octanol–water partition coefficient (Wildman–Crippen LogP) is 2.00. The van der Waals surface area contributed by atoms with Crippen LogP contribution in [0, 0.1) is 12.8 Å². The summed E-state index contributed by atoms with van der Waals surface area (Å²) in [5.41, 5.74) is 2.13. The van der Waals surface area contributed by atoms with E-state index in [0.717, 1.165) is 37.1 Å². The van der Waals surface area contributed by atoms with Gasteiger partial charge in [-0.05, 0) is 38.4 Å². The van der Waals surface area contributed by atoms with Crippen LogP contribution < -0.4 is 5.32 Å². The van der Waals surface area contributed by atoms with Gasteiger partial charge in [0.25, 0.3) is 0 Å². The van der Waals surface area contributed by atoms with Gasteiger partial charge in [-0.3, -0.25) is 9.69 Å². The number of hydrogen-bond donors (Lipinski definition) is 1. The number of benzene rings is 1. The Kier molecular flexibility index (Phi) is 4.71. The third kappa shape index (κ3) is 3.59. The van der Waals surface area contributed by atoms with Crippen LogP contribution >= 0.6 is 0 Å². The third-order valence-electron chi connectivity index (χ3n) is 4.42. The molecule has 2 heterocycles. The topological polar surface area (TPSA) is 71.3 Å². The lowest BCUT2D eigenvalue weighted by Crippen LogP contribution is -2.39. The fraction of sp³-hybridized carbons (Fsp3) is 0.471. The van der Waals surface area contributed by atoms with Crippen molar-refractivity contribution in [1.29, 1.82) is 0 Å². The molecule has 6 nitrogen and oxygen atoms in total. The lowest BCUT2D eigenvalue weighted by molar-refractivity contribution is -0.125.